The third-order valence-corrected chi connectivity index (χ3v) is 8.64. The summed E-state index contributed by atoms with van der Waals surface area (Å²) in [5.74, 6) is 0. The van der Waals surface area contributed by atoms with Gasteiger partial charge in [0.1, 0.15) is 0 Å². The van der Waals surface area contributed by atoms with Crippen molar-refractivity contribution in [1.29, 1.82) is 0 Å². The molecule has 0 fully saturated rings. The van der Waals surface area contributed by atoms with E-state index in [0.717, 1.165) is 13.0 Å². The van der Waals surface area contributed by atoms with Crippen molar-refractivity contribution in [2.24, 2.45) is 0 Å². The number of hydrogen-bond donors (Lipinski definition) is 0. The lowest BCUT2D eigenvalue weighted by molar-refractivity contribution is 0.955. The van der Waals surface area contributed by atoms with E-state index >= 15 is 0 Å². The van der Waals surface area contributed by atoms with E-state index < -0.39 is 0 Å². The highest BCUT2D eigenvalue weighted by Gasteiger charge is 2.24. The topological polar surface area (TPSA) is 16.1 Å². The van der Waals surface area contributed by atoms with Crippen molar-refractivity contribution in [1.82, 2.24) is 4.98 Å². The Balaban J connectivity index is 1.55. The van der Waals surface area contributed by atoms with Crippen LogP contribution in [0.3, 0.4) is 0 Å². The van der Waals surface area contributed by atoms with E-state index in [1.165, 1.54) is 88.8 Å². The third kappa shape index (κ3) is 4.67. The van der Waals surface area contributed by atoms with Crippen LogP contribution in [0, 0.1) is 27.7 Å². The van der Waals surface area contributed by atoms with E-state index in [1.54, 1.807) is 0 Å². The van der Waals surface area contributed by atoms with Crippen molar-refractivity contribution in [3.05, 3.63) is 131 Å². The summed E-state index contributed by atoms with van der Waals surface area (Å²) in [7, 11) is 2.21. The van der Waals surface area contributed by atoms with Gasteiger partial charge in [-0.2, -0.15) is 0 Å². The molecule has 0 radical (unpaired) electrons. The molecule has 0 spiro atoms. The number of rotatable bonds is 4. The first-order valence-electron chi connectivity index (χ1n) is 14.9. The maximum atomic E-state index is 4.75. The molecule has 0 aliphatic carbocycles. The number of likely N-dealkylation sites (N-methyl/N-ethyl adjacent to an activating group) is 1. The van der Waals surface area contributed by atoms with Gasteiger partial charge in [-0.1, -0.05) is 95.1 Å². The van der Waals surface area contributed by atoms with Crippen molar-refractivity contribution < 1.29 is 0 Å². The second kappa shape index (κ2) is 10.3. The highest BCUT2D eigenvalue weighted by Crippen LogP contribution is 2.46. The number of fused-ring (bicyclic) bond motifs is 2. The minimum Gasteiger partial charge on any atom is -0.373 e. The molecule has 6 aromatic rings. The van der Waals surface area contributed by atoms with Gasteiger partial charge in [0, 0.05) is 37.1 Å². The normalized spacial score (nSPS) is 12.6. The number of aromatic nitrogens is 1. The Hall–Kier alpha value is -4.69. The molecule has 2 heteroatoms. The summed E-state index contributed by atoms with van der Waals surface area (Å²) in [6.45, 7) is 9.77. The van der Waals surface area contributed by atoms with Crippen LogP contribution < -0.4 is 4.90 Å². The van der Waals surface area contributed by atoms with Gasteiger partial charge in [-0.15, -0.1) is 0 Å². The van der Waals surface area contributed by atoms with E-state index in [1.807, 2.05) is 6.20 Å². The van der Waals surface area contributed by atoms with E-state index in [4.69, 9.17) is 4.98 Å². The Morgan fingerprint density at radius 2 is 1.14 bits per heavy atom. The van der Waals surface area contributed by atoms with Crippen LogP contribution in [0.1, 0.15) is 27.8 Å². The first kappa shape index (κ1) is 26.2. The minimum absolute atomic E-state index is 1.02. The lowest BCUT2D eigenvalue weighted by Gasteiger charge is -2.21. The average molecular weight is 545 g/mol. The Bertz CT molecular complexity index is 1890. The molecule has 5 aromatic carbocycles. The van der Waals surface area contributed by atoms with Gasteiger partial charge in [0.05, 0.1) is 5.69 Å². The van der Waals surface area contributed by atoms with Crippen LogP contribution in [0.25, 0.3) is 55.3 Å². The highest BCUT2D eigenvalue weighted by atomic mass is 15.1. The zero-order chi connectivity index (χ0) is 29.0. The van der Waals surface area contributed by atoms with Gasteiger partial charge in [-0.05, 0) is 102 Å². The van der Waals surface area contributed by atoms with Crippen LogP contribution in [0.15, 0.2) is 103 Å². The van der Waals surface area contributed by atoms with Crippen LogP contribution >= 0.6 is 0 Å². The molecule has 1 aliphatic heterocycles. The highest BCUT2D eigenvalue weighted by molar-refractivity contribution is 6.07. The molecular formula is C40H36N2. The maximum absolute atomic E-state index is 4.75. The van der Waals surface area contributed by atoms with Gasteiger partial charge in [-0.25, -0.2) is 0 Å². The summed E-state index contributed by atoms with van der Waals surface area (Å²) in [6, 6.07) is 34.2. The lowest BCUT2D eigenvalue weighted by Crippen LogP contribution is -2.13. The summed E-state index contributed by atoms with van der Waals surface area (Å²) >= 11 is 0. The molecule has 0 saturated carbocycles. The molecule has 0 bridgehead atoms. The molecule has 0 N–H and O–H groups in total. The van der Waals surface area contributed by atoms with Crippen LogP contribution in [-0.4, -0.2) is 18.6 Å². The molecule has 42 heavy (non-hydrogen) atoms. The zero-order valence-electron chi connectivity index (χ0n) is 25.1. The zero-order valence-corrected chi connectivity index (χ0v) is 25.1. The average Bonchev–Trinajstić information content (AvgIpc) is 3.36. The monoisotopic (exact) mass is 544 g/mol. The molecule has 1 aromatic heterocycles. The largest absolute Gasteiger partial charge is 0.373 e. The fraction of sp³-hybridized carbons (Fsp3) is 0.175. The molecule has 0 amide bonds. The van der Waals surface area contributed by atoms with E-state index in [0.29, 0.717) is 0 Å². The lowest BCUT2D eigenvalue weighted by atomic mass is 9.86. The summed E-state index contributed by atoms with van der Waals surface area (Å²) in [5, 5.41) is 2.50. The van der Waals surface area contributed by atoms with Gasteiger partial charge in [0.15, 0.2) is 0 Å². The van der Waals surface area contributed by atoms with Crippen molar-refractivity contribution in [2.75, 3.05) is 18.5 Å². The van der Waals surface area contributed by atoms with Crippen molar-refractivity contribution in [2.45, 2.75) is 34.1 Å². The molecule has 206 valence electrons. The number of anilines is 1. The molecule has 0 saturated heterocycles. The maximum Gasteiger partial charge on any atom is 0.0508 e. The Kier molecular flexibility index (Phi) is 6.43. The van der Waals surface area contributed by atoms with E-state index in [-0.39, 0.29) is 0 Å². The summed E-state index contributed by atoms with van der Waals surface area (Å²) in [5.41, 5.74) is 17.7. The van der Waals surface area contributed by atoms with Gasteiger partial charge in [-0.3, -0.25) is 4.98 Å². The second-order valence-electron chi connectivity index (χ2n) is 12.1. The third-order valence-electron chi connectivity index (χ3n) is 8.64. The SMILES string of the molecule is Cc1cc(C)cc(-c2cc(-c3cc(C)cc(C)c3)cc(-c3ccc4ccccc4c3-c3cncc4c3N(C)CC4)c2)c1. The van der Waals surface area contributed by atoms with Gasteiger partial charge < -0.3 is 4.90 Å². The smallest absolute Gasteiger partial charge is 0.0508 e. The number of pyridine rings is 1. The quantitative estimate of drug-likeness (QED) is 0.219. The predicted molar refractivity (Wildman–Crippen MR) is 179 cm³/mol. The molecular weight excluding hydrogens is 508 g/mol. The van der Waals surface area contributed by atoms with E-state index in [2.05, 4.69) is 137 Å². The van der Waals surface area contributed by atoms with Crippen molar-refractivity contribution in [3.63, 3.8) is 0 Å². The van der Waals surface area contributed by atoms with Crippen LogP contribution in [0.2, 0.25) is 0 Å². The standard InChI is InChI=1S/C40H36N2/c1-25-14-26(2)17-31(16-25)33-20-34(32-18-27(3)15-28(4)19-32)22-35(21-33)37-11-10-29-8-6-7-9-36(29)39(37)38-24-41-23-30-12-13-42(5)40(30)38/h6-11,14-24H,12-13H2,1-5H3. The fourth-order valence-electron chi connectivity index (χ4n) is 6.92. The number of hydrogen-bond acceptors (Lipinski definition) is 2. The summed E-state index contributed by atoms with van der Waals surface area (Å²) < 4.78 is 0. The second-order valence-corrected chi connectivity index (χ2v) is 12.1. The number of aryl methyl sites for hydroxylation is 4. The van der Waals surface area contributed by atoms with Crippen molar-refractivity contribution >= 4 is 16.5 Å². The van der Waals surface area contributed by atoms with Crippen molar-refractivity contribution in [3.8, 4) is 44.5 Å². The fourth-order valence-corrected chi connectivity index (χ4v) is 6.92. The van der Waals surface area contributed by atoms with Gasteiger partial charge in [0.25, 0.3) is 0 Å². The Morgan fingerprint density at radius 3 is 1.79 bits per heavy atom. The molecule has 2 heterocycles. The summed E-state index contributed by atoms with van der Waals surface area (Å²) in [6.07, 6.45) is 5.16. The Labute approximate surface area is 249 Å². The van der Waals surface area contributed by atoms with Crippen LogP contribution in [0.5, 0.6) is 0 Å². The molecule has 1 aliphatic rings. The first-order valence-corrected chi connectivity index (χ1v) is 14.9. The first-order chi connectivity index (χ1) is 20.3. The Morgan fingerprint density at radius 1 is 0.571 bits per heavy atom. The predicted octanol–water partition coefficient (Wildman–Crippen LogP) is 10.1. The van der Waals surface area contributed by atoms with Gasteiger partial charge >= 0.3 is 0 Å². The summed E-state index contributed by atoms with van der Waals surface area (Å²) in [4.78, 5) is 7.14. The van der Waals surface area contributed by atoms with Gasteiger partial charge in [0.2, 0.25) is 0 Å². The minimum atomic E-state index is 1.02. The van der Waals surface area contributed by atoms with Crippen LogP contribution in [0.4, 0.5) is 5.69 Å². The van der Waals surface area contributed by atoms with E-state index in [9.17, 15) is 0 Å². The molecule has 0 atom stereocenters. The number of benzene rings is 5. The molecule has 0 unspecified atom stereocenters. The molecule has 2 nitrogen and oxygen atoms in total. The molecule has 7 rings (SSSR count). The van der Waals surface area contributed by atoms with Crippen LogP contribution in [-0.2, 0) is 6.42 Å². The number of nitrogens with zero attached hydrogens (tertiary/aromatic N) is 2.